The standard InChI is InChI=1S/C12H22/c1-7-10(5)11(6)12(8-2)9(3)4/h7-8H2,1-6H3. The van der Waals surface area contributed by atoms with Gasteiger partial charge in [-0.15, -0.1) is 0 Å². The highest BCUT2D eigenvalue weighted by molar-refractivity contribution is 5.35. The maximum Gasteiger partial charge on any atom is -0.0305 e. The molecule has 0 rings (SSSR count). The molecule has 0 amide bonds. The number of rotatable bonds is 3. The molecule has 0 aliphatic rings. The monoisotopic (exact) mass is 166 g/mol. The van der Waals surface area contributed by atoms with E-state index in [1.54, 1.807) is 0 Å². The van der Waals surface area contributed by atoms with Crippen molar-refractivity contribution in [1.82, 2.24) is 0 Å². The quantitative estimate of drug-likeness (QED) is 0.542. The molecule has 0 N–H and O–H groups in total. The molecule has 70 valence electrons. The highest BCUT2D eigenvalue weighted by atomic mass is 14.1. The van der Waals surface area contributed by atoms with Gasteiger partial charge in [0.25, 0.3) is 0 Å². The number of hydrogen-bond acceptors (Lipinski definition) is 0. The summed E-state index contributed by atoms with van der Waals surface area (Å²) in [5, 5.41) is 0. The second kappa shape index (κ2) is 5.18. The van der Waals surface area contributed by atoms with Crippen molar-refractivity contribution in [2.24, 2.45) is 0 Å². The normalized spacial score (nSPS) is 12.5. The van der Waals surface area contributed by atoms with Crippen LogP contribution in [0.5, 0.6) is 0 Å². The Morgan fingerprint density at radius 3 is 1.58 bits per heavy atom. The lowest BCUT2D eigenvalue weighted by Crippen LogP contribution is -1.91. The Morgan fingerprint density at radius 2 is 1.33 bits per heavy atom. The zero-order valence-electron chi connectivity index (χ0n) is 9.41. The van der Waals surface area contributed by atoms with Gasteiger partial charge in [0.05, 0.1) is 0 Å². The Morgan fingerprint density at radius 1 is 0.833 bits per heavy atom. The first-order valence-electron chi connectivity index (χ1n) is 4.87. The highest BCUT2D eigenvalue weighted by Crippen LogP contribution is 2.22. The van der Waals surface area contributed by atoms with Crippen LogP contribution in [-0.2, 0) is 0 Å². The minimum atomic E-state index is 1.16. The van der Waals surface area contributed by atoms with Crippen LogP contribution >= 0.6 is 0 Å². The van der Waals surface area contributed by atoms with E-state index >= 15 is 0 Å². The first kappa shape index (κ1) is 11.5. The van der Waals surface area contributed by atoms with Crippen molar-refractivity contribution < 1.29 is 0 Å². The van der Waals surface area contributed by atoms with Crippen molar-refractivity contribution in [3.63, 3.8) is 0 Å². The van der Waals surface area contributed by atoms with E-state index < -0.39 is 0 Å². The molecule has 0 atom stereocenters. The summed E-state index contributed by atoms with van der Waals surface area (Å²) in [5.41, 5.74) is 6.02. The fraction of sp³-hybridized carbons (Fsp3) is 0.667. The maximum absolute atomic E-state index is 2.24. The molecule has 0 spiro atoms. The van der Waals surface area contributed by atoms with Gasteiger partial charge in [-0.1, -0.05) is 25.0 Å². The summed E-state index contributed by atoms with van der Waals surface area (Å²) in [6, 6.07) is 0. The van der Waals surface area contributed by atoms with Crippen molar-refractivity contribution in [2.45, 2.75) is 54.4 Å². The predicted molar refractivity (Wildman–Crippen MR) is 57.3 cm³/mol. The average molecular weight is 166 g/mol. The fourth-order valence-corrected chi connectivity index (χ4v) is 1.52. The summed E-state index contributed by atoms with van der Waals surface area (Å²) in [4.78, 5) is 0. The van der Waals surface area contributed by atoms with Crippen LogP contribution in [0.2, 0.25) is 0 Å². The van der Waals surface area contributed by atoms with E-state index in [2.05, 4.69) is 41.5 Å². The molecule has 0 heterocycles. The van der Waals surface area contributed by atoms with Crippen LogP contribution in [-0.4, -0.2) is 0 Å². The second-order valence-corrected chi connectivity index (χ2v) is 3.59. The molecule has 0 nitrogen and oxygen atoms in total. The van der Waals surface area contributed by atoms with Crippen molar-refractivity contribution in [3.8, 4) is 0 Å². The SMILES string of the molecule is CCC(C)=C(C)C(CC)=C(C)C. The molecule has 0 bridgehead atoms. The molecule has 0 aliphatic carbocycles. The number of hydrogen-bond donors (Lipinski definition) is 0. The molecule has 0 heteroatoms. The van der Waals surface area contributed by atoms with Crippen LogP contribution in [0, 0.1) is 0 Å². The molecule has 0 aliphatic heterocycles. The van der Waals surface area contributed by atoms with Gasteiger partial charge in [0.2, 0.25) is 0 Å². The summed E-state index contributed by atoms with van der Waals surface area (Å²) < 4.78 is 0. The minimum absolute atomic E-state index is 1.16. The van der Waals surface area contributed by atoms with Crippen LogP contribution < -0.4 is 0 Å². The smallest absolute Gasteiger partial charge is 0.0305 e. The Bertz CT molecular complexity index is 200. The van der Waals surface area contributed by atoms with Gasteiger partial charge in [-0.05, 0) is 51.7 Å². The van der Waals surface area contributed by atoms with Crippen molar-refractivity contribution >= 4 is 0 Å². The topological polar surface area (TPSA) is 0 Å². The Labute approximate surface area is 77.4 Å². The molecule has 0 aromatic rings. The van der Waals surface area contributed by atoms with Gasteiger partial charge in [-0.3, -0.25) is 0 Å². The van der Waals surface area contributed by atoms with E-state index in [0.717, 1.165) is 6.42 Å². The van der Waals surface area contributed by atoms with E-state index in [0.29, 0.717) is 0 Å². The molecular weight excluding hydrogens is 144 g/mol. The van der Waals surface area contributed by atoms with Crippen molar-refractivity contribution in [1.29, 1.82) is 0 Å². The summed E-state index contributed by atoms with van der Waals surface area (Å²) in [6.45, 7) is 13.3. The minimum Gasteiger partial charge on any atom is -0.0730 e. The Kier molecular flexibility index (Phi) is 4.96. The average Bonchev–Trinajstić information content (AvgIpc) is 2.03. The summed E-state index contributed by atoms with van der Waals surface area (Å²) in [7, 11) is 0. The third-order valence-corrected chi connectivity index (χ3v) is 2.58. The van der Waals surface area contributed by atoms with Gasteiger partial charge < -0.3 is 0 Å². The van der Waals surface area contributed by atoms with Crippen LogP contribution in [0.3, 0.4) is 0 Å². The zero-order chi connectivity index (χ0) is 9.72. The third kappa shape index (κ3) is 2.84. The molecule has 0 radical (unpaired) electrons. The maximum atomic E-state index is 2.24. The fourth-order valence-electron chi connectivity index (χ4n) is 1.52. The van der Waals surface area contributed by atoms with E-state index in [-0.39, 0.29) is 0 Å². The van der Waals surface area contributed by atoms with Gasteiger partial charge in [0.1, 0.15) is 0 Å². The van der Waals surface area contributed by atoms with Gasteiger partial charge in [-0.2, -0.15) is 0 Å². The molecular formula is C12H22. The lowest BCUT2D eigenvalue weighted by atomic mass is 9.95. The van der Waals surface area contributed by atoms with E-state index in [1.165, 1.54) is 28.7 Å². The van der Waals surface area contributed by atoms with Gasteiger partial charge in [0, 0.05) is 0 Å². The lowest BCUT2D eigenvalue weighted by Gasteiger charge is -2.11. The first-order chi connectivity index (χ1) is 5.54. The van der Waals surface area contributed by atoms with Crippen molar-refractivity contribution in [2.75, 3.05) is 0 Å². The zero-order valence-corrected chi connectivity index (χ0v) is 9.41. The molecule has 0 saturated carbocycles. The van der Waals surface area contributed by atoms with Crippen LogP contribution in [0.4, 0.5) is 0 Å². The molecule has 0 fully saturated rings. The van der Waals surface area contributed by atoms with E-state index in [9.17, 15) is 0 Å². The summed E-state index contributed by atoms with van der Waals surface area (Å²) in [5.74, 6) is 0. The second-order valence-electron chi connectivity index (χ2n) is 3.59. The Balaban J connectivity index is 4.90. The molecule has 0 aromatic carbocycles. The number of allylic oxidation sites excluding steroid dienone is 4. The largest absolute Gasteiger partial charge is 0.0730 e. The van der Waals surface area contributed by atoms with Gasteiger partial charge >= 0.3 is 0 Å². The van der Waals surface area contributed by atoms with E-state index in [4.69, 9.17) is 0 Å². The van der Waals surface area contributed by atoms with Gasteiger partial charge in [0.15, 0.2) is 0 Å². The molecule has 12 heavy (non-hydrogen) atoms. The van der Waals surface area contributed by atoms with Crippen LogP contribution in [0.15, 0.2) is 22.3 Å². The summed E-state index contributed by atoms with van der Waals surface area (Å²) >= 11 is 0. The van der Waals surface area contributed by atoms with Crippen LogP contribution in [0.1, 0.15) is 54.4 Å². The molecule has 0 aromatic heterocycles. The third-order valence-electron chi connectivity index (χ3n) is 2.58. The molecule has 0 saturated heterocycles. The Hall–Kier alpha value is -0.520. The lowest BCUT2D eigenvalue weighted by molar-refractivity contribution is 0.998. The first-order valence-corrected chi connectivity index (χ1v) is 4.87. The van der Waals surface area contributed by atoms with Crippen LogP contribution in [0.25, 0.3) is 0 Å². The molecule has 0 unspecified atom stereocenters. The predicted octanol–water partition coefficient (Wildman–Crippen LogP) is 4.48. The van der Waals surface area contributed by atoms with Gasteiger partial charge in [-0.25, -0.2) is 0 Å². The van der Waals surface area contributed by atoms with E-state index in [1.807, 2.05) is 0 Å². The highest BCUT2D eigenvalue weighted by Gasteiger charge is 2.01. The van der Waals surface area contributed by atoms with Crippen molar-refractivity contribution in [3.05, 3.63) is 22.3 Å². The summed E-state index contributed by atoms with van der Waals surface area (Å²) in [6.07, 6.45) is 2.33.